The van der Waals surface area contributed by atoms with Gasteiger partial charge in [-0.15, -0.1) is 0 Å². The van der Waals surface area contributed by atoms with Crippen LogP contribution in [0.25, 0.3) is 0 Å². The molecule has 1 aliphatic carbocycles. The molecular weight excluding hydrogens is 154 g/mol. The van der Waals surface area contributed by atoms with E-state index in [1.165, 1.54) is 0 Å². The third kappa shape index (κ3) is 1.33. The highest BCUT2D eigenvalue weighted by Crippen LogP contribution is 2.52. The second-order valence-electron chi connectivity index (χ2n) is 3.98. The minimum absolute atomic E-state index is 0.0285. The molecule has 12 heavy (non-hydrogen) atoms. The third-order valence-corrected chi connectivity index (χ3v) is 2.95. The van der Waals surface area contributed by atoms with Crippen LogP contribution in [-0.2, 0) is 9.53 Å². The van der Waals surface area contributed by atoms with Crippen LogP contribution in [0, 0.1) is 5.41 Å². The molecule has 0 amide bonds. The van der Waals surface area contributed by atoms with Crippen LogP contribution in [0.1, 0.15) is 33.6 Å². The summed E-state index contributed by atoms with van der Waals surface area (Å²) < 4.78 is 4.91. The first-order chi connectivity index (χ1) is 5.44. The Hall–Kier alpha value is -0.570. The van der Waals surface area contributed by atoms with Gasteiger partial charge in [-0.3, -0.25) is 4.79 Å². The Labute approximate surface area is 73.3 Å². The predicted octanol–water partition coefficient (Wildman–Crippen LogP) is 1.07. The van der Waals surface area contributed by atoms with Crippen molar-refractivity contribution in [2.45, 2.75) is 39.2 Å². The van der Waals surface area contributed by atoms with Gasteiger partial charge in [-0.2, -0.15) is 0 Å². The molecule has 1 atom stereocenters. The molecule has 0 bridgehead atoms. The van der Waals surface area contributed by atoms with Gasteiger partial charge in [0.15, 0.2) is 0 Å². The number of hydrogen-bond acceptors (Lipinski definition) is 3. The molecule has 0 spiro atoms. The molecule has 1 fully saturated rings. The molecule has 70 valence electrons. The van der Waals surface area contributed by atoms with Crippen LogP contribution >= 0.6 is 0 Å². The van der Waals surface area contributed by atoms with Gasteiger partial charge in [-0.05, 0) is 32.1 Å². The highest BCUT2D eigenvalue weighted by Gasteiger charge is 2.55. The SMILES string of the molecule is CCOC(=O)C(C)(N)C1(C)CC1. The standard InChI is InChI=1S/C9H17NO2/c1-4-12-7(11)9(3,10)8(2)5-6-8/h4-6,10H2,1-3H3. The van der Waals surface area contributed by atoms with Crippen LogP contribution < -0.4 is 5.73 Å². The number of carbonyl (C=O) groups excluding carboxylic acids is 1. The van der Waals surface area contributed by atoms with Gasteiger partial charge in [0.05, 0.1) is 6.61 Å². The zero-order valence-electron chi connectivity index (χ0n) is 8.02. The summed E-state index contributed by atoms with van der Waals surface area (Å²) in [5.41, 5.74) is 5.08. The molecule has 1 saturated carbocycles. The van der Waals surface area contributed by atoms with Crippen molar-refractivity contribution in [2.75, 3.05) is 6.61 Å². The molecule has 1 unspecified atom stereocenters. The summed E-state index contributed by atoms with van der Waals surface area (Å²) in [5, 5.41) is 0. The topological polar surface area (TPSA) is 52.3 Å². The lowest BCUT2D eigenvalue weighted by molar-refractivity contribution is -0.151. The van der Waals surface area contributed by atoms with Crippen LogP contribution in [0.4, 0.5) is 0 Å². The zero-order chi connectivity index (χ0) is 9.41. The van der Waals surface area contributed by atoms with Crippen molar-refractivity contribution in [1.82, 2.24) is 0 Å². The number of nitrogens with two attached hydrogens (primary N) is 1. The largest absolute Gasteiger partial charge is 0.465 e. The van der Waals surface area contributed by atoms with Gasteiger partial charge in [0, 0.05) is 0 Å². The molecule has 2 N–H and O–H groups in total. The number of rotatable bonds is 3. The Morgan fingerprint density at radius 3 is 2.50 bits per heavy atom. The summed E-state index contributed by atoms with van der Waals surface area (Å²) in [6.45, 7) is 5.99. The molecule has 0 aromatic rings. The second-order valence-corrected chi connectivity index (χ2v) is 3.98. The van der Waals surface area contributed by atoms with E-state index in [-0.39, 0.29) is 11.4 Å². The molecular formula is C9H17NO2. The van der Waals surface area contributed by atoms with Crippen molar-refractivity contribution in [3.8, 4) is 0 Å². The molecule has 3 heteroatoms. The van der Waals surface area contributed by atoms with Gasteiger partial charge < -0.3 is 10.5 Å². The van der Waals surface area contributed by atoms with Crippen LogP contribution in [0.15, 0.2) is 0 Å². The molecule has 0 aromatic heterocycles. The van der Waals surface area contributed by atoms with Crippen LogP contribution in [-0.4, -0.2) is 18.1 Å². The van der Waals surface area contributed by atoms with E-state index in [0.29, 0.717) is 6.61 Å². The summed E-state index contributed by atoms with van der Waals surface area (Å²) in [4.78, 5) is 11.4. The van der Waals surface area contributed by atoms with Crippen LogP contribution in [0.3, 0.4) is 0 Å². The summed E-state index contributed by atoms with van der Waals surface area (Å²) >= 11 is 0. The number of carbonyl (C=O) groups is 1. The highest BCUT2D eigenvalue weighted by molar-refractivity contribution is 5.81. The normalized spacial score (nSPS) is 24.3. The van der Waals surface area contributed by atoms with E-state index < -0.39 is 5.54 Å². The maximum atomic E-state index is 11.4. The third-order valence-electron chi connectivity index (χ3n) is 2.95. The van der Waals surface area contributed by atoms with Gasteiger partial charge in [0.1, 0.15) is 5.54 Å². The molecule has 0 aromatic carbocycles. The van der Waals surface area contributed by atoms with Crippen molar-refractivity contribution >= 4 is 5.97 Å². The molecule has 0 heterocycles. The van der Waals surface area contributed by atoms with Gasteiger partial charge in [-0.25, -0.2) is 0 Å². The minimum Gasteiger partial charge on any atom is -0.465 e. The van der Waals surface area contributed by atoms with Crippen LogP contribution in [0.5, 0.6) is 0 Å². The molecule has 1 rings (SSSR count). The minimum atomic E-state index is -0.803. The van der Waals surface area contributed by atoms with Crippen LogP contribution in [0.2, 0.25) is 0 Å². The Morgan fingerprint density at radius 2 is 2.17 bits per heavy atom. The van der Waals surface area contributed by atoms with E-state index in [0.717, 1.165) is 12.8 Å². The van der Waals surface area contributed by atoms with E-state index in [2.05, 4.69) is 0 Å². The summed E-state index contributed by atoms with van der Waals surface area (Å²) in [7, 11) is 0. The Kier molecular flexibility index (Phi) is 2.17. The first-order valence-electron chi connectivity index (χ1n) is 4.40. The average molecular weight is 171 g/mol. The highest BCUT2D eigenvalue weighted by atomic mass is 16.5. The monoisotopic (exact) mass is 171 g/mol. The van der Waals surface area contributed by atoms with Gasteiger partial charge in [-0.1, -0.05) is 6.92 Å². The molecule has 0 aliphatic heterocycles. The Balaban J connectivity index is 2.64. The summed E-state index contributed by atoms with van der Waals surface area (Å²) in [5.74, 6) is -0.273. The number of esters is 1. The van der Waals surface area contributed by atoms with Crippen molar-refractivity contribution < 1.29 is 9.53 Å². The van der Waals surface area contributed by atoms with Gasteiger partial charge >= 0.3 is 5.97 Å². The Bertz CT molecular complexity index is 195. The van der Waals surface area contributed by atoms with E-state index >= 15 is 0 Å². The van der Waals surface area contributed by atoms with Crippen molar-refractivity contribution in [1.29, 1.82) is 0 Å². The number of ether oxygens (including phenoxy) is 1. The van der Waals surface area contributed by atoms with E-state index in [1.807, 2.05) is 6.92 Å². The van der Waals surface area contributed by atoms with Gasteiger partial charge in [0.25, 0.3) is 0 Å². The maximum Gasteiger partial charge on any atom is 0.326 e. The van der Waals surface area contributed by atoms with Crippen molar-refractivity contribution in [3.05, 3.63) is 0 Å². The predicted molar refractivity (Wildman–Crippen MR) is 46.6 cm³/mol. The lowest BCUT2D eigenvalue weighted by Crippen LogP contribution is -2.52. The fourth-order valence-corrected chi connectivity index (χ4v) is 1.23. The van der Waals surface area contributed by atoms with E-state index in [9.17, 15) is 4.79 Å². The number of hydrogen-bond donors (Lipinski definition) is 1. The summed E-state index contributed by atoms with van der Waals surface area (Å²) in [6, 6.07) is 0. The quantitative estimate of drug-likeness (QED) is 0.646. The molecule has 0 radical (unpaired) electrons. The summed E-state index contributed by atoms with van der Waals surface area (Å²) in [6.07, 6.45) is 2.05. The van der Waals surface area contributed by atoms with Crippen molar-refractivity contribution in [2.24, 2.45) is 11.1 Å². The first-order valence-corrected chi connectivity index (χ1v) is 4.40. The van der Waals surface area contributed by atoms with Gasteiger partial charge in [0.2, 0.25) is 0 Å². The fourth-order valence-electron chi connectivity index (χ4n) is 1.23. The molecule has 3 nitrogen and oxygen atoms in total. The molecule has 0 saturated heterocycles. The maximum absolute atomic E-state index is 11.4. The Morgan fingerprint density at radius 1 is 1.67 bits per heavy atom. The average Bonchev–Trinajstić information content (AvgIpc) is 2.70. The fraction of sp³-hybridized carbons (Fsp3) is 0.889. The first kappa shape index (κ1) is 9.52. The van der Waals surface area contributed by atoms with E-state index in [4.69, 9.17) is 10.5 Å². The van der Waals surface area contributed by atoms with Crippen molar-refractivity contribution in [3.63, 3.8) is 0 Å². The lowest BCUT2D eigenvalue weighted by atomic mass is 9.85. The zero-order valence-corrected chi connectivity index (χ0v) is 8.02. The lowest BCUT2D eigenvalue weighted by Gasteiger charge is -2.28. The molecule has 1 aliphatic rings. The smallest absolute Gasteiger partial charge is 0.326 e. The van der Waals surface area contributed by atoms with E-state index in [1.54, 1.807) is 13.8 Å². The second kappa shape index (κ2) is 2.73.